The number of oxazole rings is 1. The fraction of sp³-hybridized carbons (Fsp3) is 0.231. The first kappa shape index (κ1) is 12.9. The Morgan fingerprint density at radius 2 is 2.26 bits per heavy atom. The van der Waals surface area contributed by atoms with Gasteiger partial charge >= 0.3 is 0 Å². The van der Waals surface area contributed by atoms with E-state index in [9.17, 15) is 4.79 Å². The van der Waals surface area contributed by atoms with Gasteiger partial charge in [-0.1, -0.05) is 0 Å². The molecule has 0 atom stereocenters. The molecule has 1 aromatic heterocycles. The number of rotatable bonds is 4. The highest BCUT2D eigenvalue weighted by Crippen LogP contribution is 2.20. The van der Waals surface area contributed by atoms with Crippen molar-refractivity contribution in [2.75, 3.05) is 18.1 Å². The lowest BCUT2D eigenvalue weighted by atomic mass is 10.1. The van der Waals surface area contributed by atoms with Crippen molar-refractivity contribution in [1.29, 1.82) is 0 Å². The molecule has 0 saturated carbocycles. The van der Waals surface area contributed by atoms with Gasteiger partial charge in [-0.05, 0) is 25.1 Å². The van der Waals surface area contributed by atoms with Gasteiger partial charge in [-0.3, -0.25) is 4.79 Å². The Morgan fingerprint density at radius 3 is 2.89 bits per heavy atom. The number of aromatic nitrogens is 1. The zero-order valence-electron chi connectivity index (χ0n) is 10.9. The molecule has 0 aliphatic carbocycles. The molecule has 0 spiro atoms. The van der Waals surface area contributed by atoms with Crippen molar-refractivity contribution >= 4 is 17.3 Å². The molecule has 0 aliphatic rings. The summed E-state index contributed by atoms with van der Waals surface area (Å²) in [6, 6.07) is 5.06. The highest BCUT2D eigenvalue weighted by atomic mass is 16.4. The fourth-order valence-corrected chi connectivity index (χ4v) is 1.65. The summed E-state index contributed by atoms with van der Waals surface area (Å²) in [5, 5.41) is 5.67. The fourth-order valence-electron chi connectivity index (χ4n) is 1.65. The first-order valence-electron chi connectivity index (χ1n) is 5.87. The molecule has 0 unspecified atom stereocenters. The van der Waals surface area contributed by atoms with Crippen molar-refractivity contribution in [1.82, 2.24) is 10.3 Å². The average Bonchev–Trinajstić information content (AvgIpc) is 2.82. The molecule has 1 aromatic carbocycles. The third-order valence-corrected chi connectivity index (χ3v) is 2.64. The molecule has 100 valence electrons. The molecule has 0 saturated heterocycles. The number of carbonyl (C=O) groups excluding carboxylic acids is 1. The van der Waals surface area contributed by atoms with Crippen LogP contribution >= 0.6 is 0 Å². The first-order valence-corrected chi connectivity index (χ1v) is 5.87. The molecule has 2 rings (SSSR count). The molecule has 0 fully saturated rings. The second kappa shape index (κ2) is 5.43. The molecule has 1 amide bonds. The summed E-state index contributed by atoms with van der Waals surface area (Å²) in [5.41, 5.74) is 7.64. The van der Waals surface area contributed by atoms with Crippen LogP contribution in [-0.4, -0.2) is 17.9 Å². The van der Waals surface area contributed by atoms with Crippen LogP contribution in [0.2, 0.25) is 0 Å². The van der Waals surface area contributed by atoms with Crippen LogP contribution in [0.3, 0.4) is 0 Å². The van der Waals surface area contributed by atoms with Gasteiger partial charge in [0.05, 0.1) is 24.1 Å². The molecule has 6 heteroatoms. The Labute approximate surface area is 111 Å². The third kappa shape index (κ3) is 3.04. The highest BCUT2D eigenvalue weighted by Gasteiger charge is 2.07. The predicted octanol–water partition coefficient (Wildman–Crippen LogP) is 1.54. The van der Waals surface area contributed by atoms with Crippen molar-refractivity contribution in [2.45, 2.75) is 13.5 Å². The molecule has 19 heavy (non-hydrogen) atoms. The summed E-state index contributed by atoms with van der Waals surface area (Å²) >= 11 is 0. The molecule has 6 nitrogen and oxygen atoms in total. The maximum absolute atomic E-state index is 11.5. The van der Waals surface area contributed by atoms with Gasteiger partial charge in [0, 0.05) is 12.6 Å². The maximum Gasteiger partial charge on any atom is 0.251 e. The van der Waals surface area contributed by atoms with E-state index < -0.39 is 0 Å². The number of nitrogens with one attached hydrogen (secondary N) is 2. The summed E-state index contributed by atoms with van der Waals surface area (Å²) in [6.45, 7) is 2.24. The lowest BCUT2D eigenvalue weighted by Crippen LogP contribution is -2.18. The van der Waals surface area contributed by atoms with Gasteiger partial charge in [0.15, 0.2) is 0 Å². The minimum Gasteiger partial charge on any atom is -0.444 e. The van der Waals surface area contributed by atoms with Crippen LogP contribution < -0.4 is 16.4 Å². The van der Waals surface area contributed by atoms with Crippen LogP contribution in [0.5, 0.6) is 0 Å². The van der Waals surface area contributed by atoms with Crippen LogP contribution in [0.25, 0.3) is 0 Å². The zero-order valence-corrected chi connectivity index (χ0v) is 10.9. The van der Waals surface area contributed by atoms with E-state index in [-0.39, 0.29) is 5.91 Å². The quantitative estimate of drug-likeness (QED) is 0.725. The molecular weight excluding hydrogens is 244 g/mol. The Balaban J connectivity index is 2.12. The number of aryl methyl sites for hydroxylation is 1. The van der Waals surface area contributed by atoms with E-state index in [1.54, 1.807) is 31.4 Å². The number of nitrogens with zero attached hydrogens (tertiary/aromatic N) is 1. The average molecular weight is 260 g/mol. The highest BCUT2D eigenvalue weighted by molar-refractivity contribution is 5.96. The van der Waals surface area contributed by atoms with Gasteiger partial charge in [0.2, 0.25) is 5.89 Å². The molecule has 1 heterocycles. The van der Waals surface area contributed by atoms with E-state index >= 15 is 0 Å². The van der Waals surface area contributed by atoms with E-state index in [1.807, 2.05) is 6.92 Å². The van der Waals surface area contributed by atoms with Gasteiger partial charge in [-0.2, -0.15) is 0 Å². The second-order valence-corrected chi connectivity index (χ2v) is 4.10. The summed E-state index contributed by atoms with van der Waals surface area (Å²) in [5.74, 6) is 1.17. The number of amides is 1. The van der Waals surface area contributed by atoms with Crippen molar-refractivity contribution < 1.29 is 9.21 Å². The van der Waals surface area contributed by atoms with Crippen LogP contribution in [-0.2, 0) is 6.54 Å². The van der Waals surface area contributed by atoms with Crippen molar-refractivity contribution in [3.63, 3.8) is 0 Å². The van der Waals surface area contributed by atoms with E-state index in [0.29, 0.717) is 29.4 Å². The topological polar surface area (TPSA) is 93.2 Å². The summed E-state index contributed by atoms with van der Waals surface area (Å²) in [7, 11) is 1.58. The van der Waals surface area contributed by atoms with E-state index in [2.05, 4.69) is 15.6 Å². The van der Waals surface area contributed by atoms with E-state index in [0.717, 1.165) is 5.76 Å². The van der Waals surface area contributed by atoms with Crippen LogP contribution in [0, 0.1) is 6.92 Å². The van der Waals surface area contributed by atoms with Crippen LogP contribution in [0.4, 0.5) is 11.4 Å². The van der Waals surface area contributed by atoms with Gasteiger partial charge < -0.3 is 20.8 Å². The maximum atomic E-state index is 11.5. The molecule has 0 radical (unpaired) electrons. The standard InChI is InChI=1S/C13H16N4O2/c1-8-6-17-12(19-8)7-16-11-5-9(13(18)15-2)3-4-10(11)14/h3-6,16H,7,14H2,1-2H3,(H,15,18). The largest absolute Gasteiger partial charge is 0.444 e. The Kier molecular flexibility index (Phi) is 3.70. The minimum atomic E-state index is -0.157. The summed E-state index contributed by atoms with van der Waals surface area (Å²) < 4.78 is 5.35. The number of nitrogens with two attached hydrogens (primary N) is 1. The first-order chi connectivity index (χ1) is 9.10. The predicted molar refractivity (Wildman–Crippen MR) is 72.8 cm³/mol. The summed E-state index contributed by atoms with van der Waals surface area (Å²) in [4.78, 5) is 15.6. The Hall–Kier alpha value is -2.50. The molecule has 0 bridgehead atoms. The van der Waals surface area contributed by atoms with Crippen molar-refractivity contribution in [2.24, 2.45) is 0 Å². The van der Waals surface area contributed by atoms with Crippen LogP contribution in [0.1, 0.15) is 22.0 Å². The Morgan fingerprint density at radius 1 is 1.47 bits per heavy atom. The van der Waals surface area contributed by atoms with Crippen molar-refractivity contribution in [3.8, 4) is 0 Å². The number of carbonyl (C=O) groups is 1. The number of hydrogen-bond acceptors (Lipinski definition) is 5. The smallest absolute Gasteiger partial charge is 0.251 e. The lowest BCUT2D eigenvalue weighted by Gasteiger charge is -2.09. The molecule has 4 N–H and O–H groups in total. The second-order valence-electron chi connectivity index (χ2n) is 4.10. The molecular formula is C13H16N4O2. The Bertz CT molecular complexity index is 592. The van der Waals surface area contributed by atoms with Gasteiger partial charge in [0.1, 0.15) is 5.76 Å². The SMILES string of the molecule is CNC(=O)c1ccc(N)c(NCc2ncc(C)o2)c1. The van der Waals surface area contributed by atoms with E-state index in [4.69, 9.17) is 10.2 Å². The monoisotopic (exact) mass is 260 g/mol. The van der Waals surface area contributed by atoms with E-state index in [1.165, 1.54) is 0 Å². The zero-order chi connectivity index (χ0) is 13.8. The number of hydrogen-bond donors (Lipinski definition) is 3. The van der Waals surface area contributed by atoms with Gasteiger partial charge in [0.25, 0.3) is 5.91 Å². The molecule has 0 aliphatic heterocycles. The lowest BCUT2D eigenvalue weighted by molar-refractivity contribution is 0.0963. The normalized spacial score (nSPS) is 10.2. The van der Waals surface area contributed by atoms with Crippen molar-refractivity contribution in [3.05, 3.63) is 41.6 Å². The van der Waals surface area contributed by atoms with Crippen LogP contribution in [0.15, 0.2) is 28.8 Å². The summed E-state index contributed by atoms with van der Waals surface area (Å²) in [6.07, 6.45) is 1.65. The number of anilines is 2. The number of nitrogen functional groups attached to an aromatic ring is 1. The minimum absolute atomic E-state index is 0.157. The van der Waals surface area contributed by atoms with Gasteiger partial charge in [-0.25, -0.2) is 4.98 Å². The molecule has 2 aromatic rings. The third-order valence-electron chi connectivity index (χ3n) is 2.64. The number of benzene rings is 1. The van der Waals surface area contributed by atoms with Gasteiger partial charge in [-0.15, -0.1) is 0 Å².